The molecule has 6 nitrogen and oxygen atoms in total. The van der Waals surface area contributed by atoms with Crippen molar-refractivity contribution in [2.75, 3.05) is 30.3 Å². The SMILES string of the molecule is CS(=O)(=O)N(CC(=O)NCCOc1ccccc1)c1ccc(Cl)c(C(F)(F)F)c1. The topological polar surface area (TPSA) is 75.7 Å². The molecule has 0 saturated heterocycles. The van der Waals surface area contributed by atoms with Crippen LogP contribution in [-0.2, 0) is 21.0 Å². The fraction of sp³-hybridized carbons (Fsp3) is 0.278. The Hall–Kier alpha value is -2.46. The van der Waals surface area contributed by atoms with Crippen LogP contribution < -0.4 is 14.4 Å². The number of halogens is 4. The highest BCUT2D eigenvalue weighted by molar-refractivity contribution is 7.92. The first-order chi connectivity index (χ1) is 13.5. The van der Waals surface area contributed by atoms with E-state index >= 15 is 0 Å². The smallest absolute Gasteiger partial charge is 0.417 e. The Morgan fingerprint density at radius 3 is 2.41 bits per heavy atom. The van der Waals surface area contributed by atoms with Gasteiger partial charge in [-0.2, -0.15) is 13.2 Å². The van der Waals surface area contributed by atoms with Gasteiger partial charge in [-0.15, -0.1) is 0 Å². The van der Waals surface area contributed by atoms with Gasteiger partial charge >= 0.3 is 6.18 Å². The summed E-state index contributed by atoms with van der Waals surface area (Å²) in [5, 5.41) is 1.89. The first-order valence-corrected chi connectivity index (χ1v) is 10.5. The van der Waals surface area contributed by atoms with Crippen molar-refractivity contribution in [1.82, 2.24) is 5.32 Å². The summed E-state index contributed by atoms with van der Waals surface area (Å²) < 4.78 is 69.2. The van der Waals surface area contributed by atoms with Crippen LogP contribution in [0.1, 0.15) is 5.56 Å². The average Bonchev–Trinajstić information content (AvgIpc) is 2.63. The number of hydrogen-bond donors (Lipinski definition) is 1. The van der Waals surface area contributed by atoms with Gasteiger partial charge < -0.3 is 10.1 Å². The van der Waals surface area contributed by atoms with E-state index < -0.39 is 39.2 Å². The Labute approximate surface area is 171 Å². The molecule has 0 radical (unpaired) electrons. The van der Waals surface area contributed by atoms with Crippen molar-refractivity contribution < 1.29 is 31.1 Å². The number of sulfonamides is 1. The normalized spacial score (nSPS) is 11.8. The van der Waals surface area contributed by atoms with E-state index in [4.69, 9.17) is 16.3 Å². The summed E-state index contributed by atoms with van der Waals surface area (Å²) >= 11 is 5.56. The predicted molar refractivity (Wildman–Crippen MR) is 104 cm³/mol. The van der Waals surface area contributed by atoms with Crippen LogP contribution in [0.15, 0.2) is 48.5 Å². The second-order valence-corrected chi connectivity index (χ2v) is 8.26. The molecule has 0 bridgehead atoms. The number of benzene rings is 2. The number of nitrogens with one attached hydrogen (secondary N) is 1. The molecule has 0 fully saturated rings. The zero-order chi connectivity index (χ0) is 21.7. The zero-order valence-corrected chi connectivity index (χ0v) is 16.8. The molecule has 2 rings (SSSR count). The van der Waals surface area contributed by atoms with Crippen LogP contribution in [0, 0.1) is 0 Å². The number of carbonyl (C=O) groups is 1. The van der Waals surface area contributed by atoms with Gasteiger partial charge in [0.15, 0.2) is 0 Å². The van der Waals surface area contributed by atoms with Crippen molar-refractivity contribution in [3.63, 3.8) is 0 Å². The molecule has 0 aliphatic carbocycles. The van der Waals surface area contributed by atoms with E-state index in [1.807, 2.05) is 6.07 Å². The quantitative estimate of drug-likeness (QED) is 0.626. The lowest BCUT2D eigenvalue weighted by molar-refractivity contribution is -0.137. The molecule has 11 heteroatoms. The van der Waals surface area contributed by atoms with Gasteiger partial charge in [-0.05, 0) is 30.3 Å². The van der Waals surface area contributed by atoms with Crippen molar-refractivity contribution in [3.05, 3.63) is 59.1 Å². The maximum Gasteiger partial charge on any atom is 0.417 e. The lowest BCUT2D eigenvalue weighted by atomic mass is 10.2. The van der Waals surface area contributed by atoms with E-state index in [9.17, 15) is 26.4 Å². The maximum atomic E-state index is 13.1. The van der Waals surface area contributed by atoms with E-state index in [1.165, 1.54) is 0 Å². The minimum Gasteiger partial charge on any atom is -0.492 e. The summed E-state index contributed by atoms with van der Waals surface area (Å²) in [5.41, 5.74) is -1.51. The van der Waals surface area contributed by atoms with Crippen molar-refractivity contribution in [2.24, 2.45) is 0 Å². The van der Waals surface area contributed by atoms with Crippen LogP contribution in [0.2, 0.25) is 5.02 Å². The summed E-state index contributed by atoms with van der Waals surface area (Å²) in [6.45, 7) is -0.476. The number of amides is 1. The maximum absolute atomic E-state index is 13.1. The third-order valence-electron chi connectivity index (χ3n) is 3.67. The molecule has 0 saturated carbocycles. The fourth-order valence-corrected chi connectivity index (χ4v) is 3.42. The van der Waals surface area contributed by atoms with Crippen molar-refractivity contribution in [3.8, 4) is 5.75 Å². The van der Waals surface area contributed by atoms with Gasteiger partial charge in [-0.25, -0.2) is 8.42 Å². The second-order valence-electron chi connectivity index (χ2n) is 5.94. The summed E-state index contributed by atoms with van der Waals surface area (Å²) in [7, 11) is -4.03. The molecule has 0 aromatic heterocycles. The van der Waals surface area contributed by atoms with Gasteiger partial charge in [-0.1, -0.05) is 29.8 Å². The van der Waals surface area contributed by atoms with Gasteiger partial charge in [0.1, 0.15) is 18.9 Å². The van der Waals surface area contributed by atoms with Crippen molar-refractivity contribution in [1.29, 1.82) is 0 Å². The van der Waals surface area contributed by atoms with Crippen LogP contribution in [-0.4, -0.2) is 40.3 Å². The molecule has 0 spiro atoms. The minimum atomic E-state index is -4.77. The Kier molecular flexibility index (Phi) is 7.37. The first-order valence-electron chi connectivity index (χ1n) is 8.27. The van der Waals surface area contributed by atoms with E-state index in [-0.39, 0.29) is 18.8 Å². The summed E-state index contributed by atoms with van der Waals surface area (Å²) in [5.74, 6) is -0.101. The Bertz CT molecular complexity index is 953. The molecular weight excluding hydrogens is 433 g/mol. The Balaban J connectivity index is 2.05. The summed E-state index contributed by atoms with van der Waals surface area (Å²) in [6.07, 6.45) is -3.98. The molecule has 2 aromatic carbocycles. The van der Waals surface area contributed by atoms with E-state index in [0.717, 1.165) is 18.4 Å². The largest absolute Gasteiger partial charge is 0.492 e. The predicted octanol–water partition coefficient (Wildman–Crippen LogP) is 3.32. The molecule has 1 amide bonds. The number of nitrogens with zero attached hydrogens (tertiary/aromatic N) is 1. The summed E-state index contributed by atoms with van der Waals surface area (Å²) in [6, 6.07) is 11.5. The highest BCUT2D eigenvalue weighted by Gasteiger charge is 2.34. The van der Waals surface area contributed by atoms with Crippen molar-refractivity contribution >= 4 is 33.2 Å². The number of hydrogen-bond acceptors (Lipinski definition) is 4. The lowest BCUT2D eigenvalue weighted by Gasteiger charge is -2.23. The minimum absolute atomic E-state index is 0.0831. The zero-order valence-electron chi connectivity index (χ0n) is 15.2. The molecule has 0 aliphatic rings. The number of rotatable bonds is 8. The molecule has 158 valence electrons. The Morgan fingerprint density at radius 1 is 1.17 bits per heavy atom. The van der Waals surface area contributed by atoms with Gasteiger partial charge in [0.05, 0.1) is 29.1 Å². The number of para-hydroxylation sites is 1. The van der Waals surface area contributed by atoms with Gasteiger partial charge in [-0.3, -0.25) is 9.10 Å². The second kappa shape index (κ2) is 9.36. The molecule has 29 heavy (non-hydrogen) atoms. The van der Waals surface area contributed by atoms with E-state index in [2.05, 4.69) is 5.32 Å². The lowest BCUT2D eigenvalue weighted by Crippen LogP contribution is -2.41. The van der Waals surface area contributed by atoms with Gasteiger partial charge in [0.2, 0.25) is 15.9 Å². The molecular formula is C18H18ClF3N2O4S. The molecule has 0 unspecified atom stereocenters. The monoisotopic (exact) mass is 450 g/mol. The highest BCUT2D eigenvalue weighted by atomic mass is 35.5. The number of ether oxygens (including phenoxy) is 1. The van der Waals surface area contributed by atoms with Crippen LogP contribution in [0.4, 0.5) is 18.9 Å². The first kappa shape index (κ1) is 22.8. The number of alkyl halides is 3. The molecule has 0 heterocycles. The molecule has 1 N–H and O–H groups in total. The Morgan fingerprint density at radius 2 is 1.83 bits per heavy atom. The third-order valence-corrected chi connectivity index (χ3v) is 5.14. The number of carbonyl (C=O) groups excluding carboxylic acids is 1. The third kappa shape index (κ3) is 6.82. The van der Waals surface area contributed by atoms with Crippen LogP contribution in [0.25, 0.3) is 0 Å². The molecule has 2 aromatic rings. The van der Waals surface area contributed by atoms with Crippen LogP contribution in [0.3, 0.4) is 0 Å². The average molecular weight is 451 g/mol. The van der Waals surface area contributed by atoms with E-state index in [0.29, 0.717) is 16.1 Å². The molecule has 0 atom stereocenters. The molecule has 0 aliphatic heterocycles. The van der Waals surface area contributed by atoms with Gasteiger partial charge in [0, 0.05) is 0 Å². The standard InChI is InChI=1S/C18H18ClF3N2O4S/c1-29(26,27)24(13-7-8-16(19)15(11-13)18(20,21)22)12-17(25)23-9-10-28-14-5-3-2-4-6-14/h2-8,11H,9-10,12H2,1H3,(H,23,25). The summed E-state index contributed by atoms with van der Waals surface area (Å²) in [4.78, 5) is 12.1. The van der Waals surface area contributed by atoms with Crippen LogP contribution >= 0.6 is 11.6 Å². The highest BCUT2D eigenvalue weighted by Crippen LogP contribution is 2.37. The fourth-order valence-electron chi connectivity index (χ4n) is 2.35. The van der Waals surface area contributed by atoms with E-state index in [1.54, 1.807) is 24.3 Å². The van der Waals surface area contributed by atoms with Crippen LogP contribution in [0.5, 0.6) is 5.75 Å². The van der Waals surface area contributed by atoms with Gasteiger partial charge in [0.25, 0.3) is 0 Å². The number of anilines is 1. The van der Waals surface area contributed by atoms with Crippen molar-refractivity contribution in [2.45, 2.75) is 6.18 Å².